The second-order valence-electron chi connectivity index (χ2n) is 3.15. The molecule has 0 saturated carbocycles. The summed E-state index contributed by atoms with van der Waals surface area (Å²) in [5.41, 5.74) is -2.74. The fourth-order valence-electron chi connectivity index (χ4n) is 0.714. The molecule has 0 heterocycles. The molecular weight excluding hydrogens is 325 g/mol. The first-order valence-corrected chi connectivity index (χ1v) is 4.70. The van der Waals surface area contributed by atoms with Crippen LogP contribution in [0.3, 0.4) is 0 Å². The normalized spacial score (nSPS) is 8.86. The van der Waals surface area contributed by atoms with Gasteiger partial charge in [-0.2, -0.15) is 0 Å². The van der Waals surface area contributed by atoms with Gasteiger partial charge in [-0.25, -0.2) is 4.79 Å². The van der Waals surface area contributed by atoms with Gasteiger partial charge in [-0.3, -0.25) is 9.59 Å². The van der Waals surface area contributed by atoms with Crippen molar-refractivity contribution in [2.45, 2.75) is 18.4 Å². The van der Waals surface area contributed by atoms with Gasteiger partial charge in [-0.15, -0.1) is 0 Å². The van der Waals surface area contributed by atoms with E-state index in [1.807, 2.05) is 0 Å². The minimum atomic E-state index is -2.74. The largest absolute Gasteiger partial charge is 1.00 e. The molecule has 0 unspecified atom stereocenters. The molecule has 0 aromatic carbocycles. The van der Waals surface area contributed by atoms with Crippen LogP contribution >= 0.6 is 0 Å². The molecule has 0 aliphatic heterocycles. The minimum Gasteiger partial charge on any atom is -0.832 e. The fourth-order valence-corrected chi connectivity index (χ4v) is 0.714. The van der Waals surface area contributed by atoms with Crippen molar-refractivity contribution < 1.29 is 94.5 Å². The molecule has 22 heavy (non-hydrogen) atoms. The number of hydrogen-bond acceptors (Lipinski definition) is 10. The van der Waals surface area contributed by atoms with Crippen LogP contribution in [0.2, 0.25) is 0 Å². The molecular formula is C6H13B2NaO13. The van der Waals surface area contributed by atoms with E-state index in [1.54, 1.807) is 0 Å². The fraction of sp³-hybridized carbons (Fsp3) is 0.500. The predicted octanol–water partition coefficient (Wildman–Crippen LogP) is -8.98. The van der Waals surface area contributed by atoms with Crippen molar-refractivity contribution in [3.8, 4) is 0 Å². The molecule has 0 rings (SSSR count). The SMILES string of the molecule is O=C(O)CC(O)(CC(=O)O)C(=O)O.OB(O)O.[Na+].[O-]B(O)O. The number of aliphatic hydroxyl groups is 1. The van der Waals surface area contributed by atoms with Gasteiger partial charge in [0.1, 0.15) is 0 Å². The molecule has 13 nitrogen and oxygen atoms in total. The number of hydrogen-bond donors (Lipinski definition) is 9. The van der Waals surface area contributed by atoms with Crippen LogP contribution in [0.15, 0.2) is 0 Å². The summed E-state index contributed by atoms with van der Waals surface area (Å²) in [6, 6.07) is 0. The van der Waals surface area contributed by atoms with Crippen LogP contribution in [0.4, 0.5) is 0 Å². The Balaban J connectivity index is -0.000000150. The second-order valence-corrected chi connectivity index (χ2v) is 3.15. The summed E-state index contributed by atoms with van der Waals surface area (Å²) in [5.74, 6) is -5.02. The van der Waals surface area contributed by atoms with Crippen molar-refractivity contribution in [2.24, 2.45) is 0 Å². The molecule has 0 aliphatic carbocycles. The van der Waals surface area contributed by atoms with Gasteiger partial charge in [-0.1, -0.05) is 0 Å². The van der Waals surface area contributed by atoms with Gasteiger partial charge in [0.15, 0.2) is 5.60 Å². The Kier molecular flexibility index (Phi) is 20.2. The zero-order chi connectivity index (χ0) is 17.8. The van der Waals surface area contributed by atoms with Gasteiger partial charge < -0.3 is 50.6 Å². The Morgan fingerprint density at radius 2 is 1.05 bits per heavy atom. The van der Waals surface area contributed by atoms with Gasteiger partial charge >= 0.3 is 62.1 Å². The Morgan fingerprint density at radius 1 is 0.864 bits per heavy atom. The van der Waals surface area contributed by atoms with E-state index in [1.165, 1.54) is 0 Å². The van der Waals surface area contributed by atoms with Crippen molar-refractivity contribution in [1.82, 2.24) is 0 Å². The zero-order valence-electron chi connectivity index (χ0n) is 11.2. The van der Waals surface area contributed by atoms with E-state index >= 15 is 0 Å². The molecule has 122 valence electrons. The third kappa shape index (κ3) is 27.6. The van der Waals surface area contributed by atoms with E-state index < -0.39 is 51.0 Å². The molecule has 0 atom stereocenters. The first-order chi connectivity index (χ1) is 9.24. The van der Waals surface area contributed by atoms with Crippen LogP contribution in [0, 0.1) is 0 Å². The van der Waals surface area contributed by atoms with Gasteiger partial charge in [0.05, 0.1) is 12.8 Å². The number of carboxylic acid groups (broad SMARTS) is 3. The molecule has 0 aliphatic rings. The van der Waals surface area contributed by atoms with Crippen LogP contribution in [0.25, 0.3) is 0 Å². The minimum absolute atomic E-state index is 0. The van der Waals surface area contributed by atoms with Gasteiger partial charge in [-0.05, 0) is 0 Å². The first kappa shape index (κ1) is 29.3. The molecule has 0 bridgehead atoms. The molecule has 9 N–H and O–H groups in total. The number of rotatable bonds is 5. The molecule has 16 heteroatoms. The third-order valence-corrected chi connectivity index (χ3v) is 1.29. The maximum atomic E-state index is 10.3. The van der Waals surface area contributed by atoms with E-state index in [0.29, 0.717) is 0 Å². The van der Waals surface area contributed by atoms with Crippen molar-refractivity contribution in [1.29, 1.82) is 0 Å². The van der Waals surface area contributed by atoms with Gasteiger partial charge in [0.25, 0.3) is 0 Å². The van der Waals surface area contributed by atoms with E-state index in [-0.39, 0.29) is 29.6 Å². The maximum absolute atomic E-state index is 10.3. The van der Waals surface area contributed by atoms with E-state index in [2.05, 4.69) is 0 Å². The predicted molar refractivity (Wildman–Crippen MR) is 59.7 cm³/mol. The number of aliphatic carboxylic acids is 3. The monoisotopic (exact) mass is 338 g/mol. The third-order valence-electron chi connectivity index (χ3n) is 1.29. The Hall–Kier alpha value is -0.740. The van der Waals surface area contributed by atoms with Crippen LogP contribution in [0.5, 0.6) is 0 Å². The Labute approximate surface area is 145 Å². The van der Waals surface area contributed by atoms with Crippen LogP contribution < -0.4 is 34.6 Å². The molecule has 0 amide bonds. The quantitative estimate of drug-likeness (QED) is 0.211. The standard InChI is InChI=1S/C6H8O7.BH3O3.BH2O3.Na/c7-3(8)1-6(13,5(11)12)2-4(9)10;2*2-1(3)4;/h13H,1-2H2,(H,7,8)(H,9,10)(H,11,12);2-4H;2-3H;/q;;-1;+1. The molecule has 0 aromatic rings. The van der Waals surface area contributed by atoms with Gasteiger partial charge in [0.2, 0.25) is 0 Å². The maximum Gasteiger partial charge on any atom is 1.00 e. The van der Waals surface area contributed by atoms with E-state index in [9.17, 15) is 14.4 Å². The average Bonchev–Trinajstić information content (AvgIpc) is 2.11. The first-order valence-electron chi connectivity index (χ1n) is 4.70. The summed E-state index contributed by atoms with van der Waals surface area (Å²) >= 11 is 0. The van der Waals surface area contributed by atoms with Crippen LogP contribution in [0.1, 0.15) is 12.8 Å². The smallest absolute Gasteiger partial charge is 0.832 e. The Bertz CT molecular complexity index is 307. The van der Waals surface area contributed by atoms with Crippen molar-refractivity contribution in [3.05, 3.63) is 0 Å². The summed E-state index contributed by atoms with van der Waals surface area (Å²) in [6.45, 7) is 0. The van der Waals surface area contributed by atoms with E-state index in [0.717, 1.165) is 0 Å². The molecule has 0 saturated heterocycles. The molecule has 0 spiro atoms. The molecule has 0 aromatic heterocycles. The summed E-state index contributed by atoms with van der Waals surface area (Å²) < 4.78 is 0. The summed E-state index contributed by atoms with van der Waals surface area (Å²) in [5, 5.41) is 78.1. The zero-order valence-corrected chi connectivity index (χ0v) is 13.2. The molecule has 0 fully saturated rings. The van der Waals surface area contributed by atoms with Crippen molar-refractivity contribution in [2.75, 3.05) is 0 Å². The summed E-state index contributed by atoms with van der Waals surface area (Å²) in [7, 11) is -4.58. The summed E-state index contributed by atoms with van der Waals surface area (Å²) in [6.07, 6.45) is -2.29. The topological polar surface area (TPSA) is 256 Å². The van der Waals surface area contributed by atoms with E-state index in [4.69, 9.17) is 50.6 Å². The number of carbonyl (C=O) groups is 3. The van der Waals surface area contributed by atoms with Gasteiger partial charge in [0, 0.05) is 0 Å². The van der Waals surface area contributed by atoms with Crippen LogP contribution in [-0.2, 0) is 14.4 Å². The Morgan fingerprint density at radius 3 is 1.14 bits per heavy atom. The van der Waals surface area contributed by atoms with Crippen LogP contribution in [-0.4, -0.2) is 83.7 Å². The second kappa shape index (κ2) is 15.2. The van der Waals surface area contributed by atoms with Crippen molar-refractivity contribution in [3.63, 3.8) is 0 Å². The number of carboxylic acids is 3. The van der Waals surface area contributed by atoms with Crippen molar-refractivity contribution >= 4 is 32.6 Å². The summed E-state index contributed by atoms with van der Waals surface area (Å²) in [4.78, 5) is 30.5. The molecule has 0 radical (unpaired) electrons. The average molecular weight is 338 g/mol.